The first-order chi connectivity index (χ1) is 11.9. The third kappa shape index (κ3) is 3.15. The monoisotopic (exact) mass is 357 g/mol. The maximum absolute atomic E-state index is 13.0. The maximum atomic E-state index is 13.0. The largest absolute Gasteiger partial charge is 0.612 e. The molecule has 0 saturated carbocycles. The van der Waals surface area contributed by atoms with Crippen molar-refractivity contribution in [3.05, 3.63) is 58.9 Å². The number of aromatic nitrogens is 1. The van der Waals surface area contributed by atoms with E-state index in [4.69, 9.17) is 0 Å². The van der Waals surface area contributed by atoms with Crippen molar-refractivity contribution in [3.63, 3.8) is 0 Å². The fourth-order valence-electron chi connectivity index (χ4n) is 3.09. The highest BCUT2D eigenvalue weighted by Gasteiger charge is 2.34. The number of aryl methyl sites for hydroxylation is 1. The molecule has 1 aromatic carbocycles. The first kappa shape index (κ1) is 17.5. The molecular weight excluding hydrogens is 338 g/mol. The van der Waals surface area contributed by atoms with Crippen LogP contribution in [0.2, 0.25) is 0 Å². The van der Waals surface area contributed by atoms with Crippen LogP contribution in [0, 0.1) is 0 Å². The van der Waals surface area contributed by atoms with Crippen molar-refractivity contribution in [2.24, 2.45) is 0 Å². The highest BCUT2D eigenvalue weighted by molar-refractivity contribution is 7.90. The molecule has 2 aromatic rings. The minimum Gasteiger partial charge on any atom is -0.612 e. The van der Waals surface area contributed by atoms with Crippen molar-refractivity contribution in [1.82, 2.24) is 4.57 Å². The number of carbonyl (C=O) groups excluding carboxylic acids is 1. The van der Waals surface area contributed by atoms with E-state index in [0.29, 0.717) is 16.2 Å². The van der Waals surface area contributed by atoms with Crippen LogP contribution in [0.1, 0.15) is 46.6 Å². The number of carboxylic acids is 1. The van der Waals surface area contributed by atoms with Gasteiger partial charge in [0.15, 0.2) is 4.90 Å². The van der Waals surface area contributed by atoms with Gasteiger partial charge in [-0.05, 0) is 29.2 Å². The van der Waals surface area contributed by atoms with Crippen LogP contribution < -0.4 is 0 Å². The molecule has 2 heterocycles. The van der Waals surface area contributed by atoms with E-state index in [-0.39, 0.29) is 11.5 Å². The zero-order valence-corrected chi connectivity index (χ0v) is 14.9. The van der Waals surface area contributed by atoms with Gasteiger partial charge in [0.05, 0.1) is 0 Å². The number of nitrogens with zero attached hydrogens (tertiary/aromatic N) is 1. The van der Waals surface area contributed by atoms with Crippen LogP contribution in [0.25, 0.3) is 6.20 Å². The molecule has 5 nitrogen and oxygen atoms in total. The number of carboxylic acid groups (broad SMARTS) is 1. The zero-order valence-electron chi connectivity index (χ0n) is 14.1. The van der Waals surface area contributed by atoms with E-state index in [9.17, 15) is 19.2 Å². The highest BCUT2D eigenvalue weighted by Crippen LogP contribution is 2.34. The summed E-state index contributed by atoms with van der Waals surface area (Å²) in [5.41, 5.74) is 2.40. The second kappa shape index (κ2) is 6.90. The van der Waals surface area contributed by atoms with Crippen molar-refractivity contribution in [2.45, 2.75) is 30.6 Å². The summed E-state index contributed by atoms with van der Waals surface area (Å²) in [5.74, 6) is -2.07. The fraction of sp³-hybridized carbons (Fsp3) is 0.263. The standard InChI is InChI=1S/C19H19NO4S/c1-3-4-12-5-7-13(8-6-12)18(21)17-16(25(2)24)11-15-14(19(22)23)9-10-20(15)17/h5-11,14H,3-4H2,1-2H3,(H,22,23). The van der Waals surface area contributed by atoms with Gasteiger partial charge in [0, 0.05) is 23.5 Å². The van der Waals surface area contributed by atoms with Crippen LogP contribution in [0.4, 0.5) is 0 Å². The molecule has 1 aliphatic rings. The van der Waals surface area contributed by atoms with E-state index in [1.54, 1.807) is 29.0 Å². The topological polar surface area (TPSA) is 82.4 Å². The van der Waals surface area contributed by atoms with Crippen molar-refractivity contribution in [1.29, 1.82) is 0 Å². The molecule has 0 aliphatic carbocycles. The van der Waals surface area contributed by atoms with Crippen LogP contribution in [0.3, 0.4) is 0 Å². The predicted octanol–water partition coefficient (Wildman–Crippen LogP) is 3.06. The van der Waals surface area contributed by atoms with Gasteiger partial charge in [-0.15, -0.1) is 0 Å². The Labute approximate surface area is 149 Å². The molecule has 0 spiro atoms. The third-order valence-electron chi connectivity index (χ3n) is 4.32. The minimum atomic E-state index is -1.40. The molecule has 1 N–H and O–H groups in total. The van der Waals surface area contributed by atoms with E-state index < -0.39 is 23.1 Å². The Hall–Kier alpha value is -2.31. The van der Waals surface area contributed by atoms with Gasteiger partial charge in [0.25, 0.3) is 0 Å². The maximum Gasteiger partial charge on any atom is 0.316 e. The van der Waals surface area contributed by atoms with Gasteiger partial charge in [-0.25, -0.2) is 0 Å². The zero-order chi connectivity index (χ0) is 18.1. The summed E-state index contributed by atoms with van der Waals surface area (Å²) in [4.78, 5) is 24.7. The van der Waals surface area contributed by atoms with Crippen LogP contribution >= 0.6 is 0 Å². The lowest BCUT2D eigenvalue weighted by Gasteiger charge is -2.08. The summed E-state index contributed by atoms with van der Waals surface area (Å²) in [6.45, 7) is 2.09. The average Bonchev–Trinajstić information content (AvgIpc) is 3.13. The number of rotatable bonds is 6. The number of hydrogen-bond donors (Lipinski definition) is 1. The average molecular weight is 357 g/mol. The lowest BCUT2D eigenvalue weighted by Crippen LogP contribution is -2.12. The Morgan fingerprint density at radius 2 is 1.96 bits per heavy atom. The smallest absolute Gasteiger partial charge is 0.316 e. The first-order valence-electron chi connectivity index (χ1n) is 8.07. The molecule has 6 heteroatoms. The molecule has 0 amide bonds. The number of hydrogen-bond acceptors (Lipinski definition) is 3. The number of benzene rings is 1. The summed E-state index contributed by atoms with van der Waals surface area (Å²) in [6, 6.07) is 8.94. The normalized spacial score (nSPS) is 16.7. The summed E-state index contributed by atoms with van der Waals surface area (Å²) < 4.78 is 13.7. The lowest BCUT2D eigenvalue weighted by molar-refractivity contribution is -0.137. The summed E-state index contributed by atoms with van der Waals surface area (Å²) >= 11 is -1.40. The molecule has 1 aromatic heterocycles. The van der Waals surface area contributed by atoms with Gasteiger partial charge in [0.1, 0.15) is 17.9 Å². The molecule has 0 saturated heterocycles. The summed E-state index contributed by atoms with van der Waals surface area (Å²) in [7, 11) is 0. The van der Waals surface area contributed by atoms with Gasteiger partial charge in [-0.3, -0.25) is 9.59 Å². The SMILES string of the molecule is CCCc1ccc(C(=O)c2c([S+](C)[O-])cc3n2C=CC3C(=O)O)cc1. The number of fused-ring (bicyclic) bond motifs is 1. The quantitative estimate of drug-likeness (QED) is 0.636. The molecule has 25 heavy (non-hydrogen) atoms. The molecule has 130 valence electrons. The molecule has 0 bridgehead atoms. The second-order valence-electron chi connectivity index (χ2n) is 6.04. The molecule has 2 unspecified atom stereocenters. The molecule has 2 atom stereocenters. The van der Waals surface area contributed by atoms with Crippen LogP contribution in [0.15, 0.2) is 41.3 Å². The lowest BCUT2D eigenvalue weighted by atomic mass is 10.0. The van der Waals surface area contributed by atoms with E-state index >= 15 is 0 Å². The summed E-state index contributed by atoms with van der Waals surface area (Å²) in [5, 5.41) is 9.31. The van der Waals surface area contributed by atoms with E-state index in [1.165, 1.54) is 12.3 Å². The first-order valence-corrected chi connectivity index (χ1v) is 9.63. The van der Waals surface area contributed by atoms with Crippen LogP contribution in [-0.2, 0) is 22.4 Å². The Kier molecular flexibility index (Phi) is 4.83. The molecular formula is C19H19NO4S. The van der Waals surface area contributed by atoms with Crippen LogP contribution in [-0.4, -0.2) is 32.2 Å². The van der Waals surface area contributed by atoms with Gasteiger partial charge >= 0.3 is 5.97 Å². The van der Waals surface area contributed by atoms with Crippen molar-refractivity contribution < 1.29 is 19.2 Å². The third-order valence-corrected chi connectivity index (χ3v) is 5.25. The molecule has 3 rings (SSSR count). The second-order valence-corrected chi connectivity index (χ2v) is 7.39. The Morgan fingerprint density at radius 3 is 2.52 bits per heavy atom. The highest BCUT2D eigenvalue weighted by atomic mass is 32.2. The van der Waals surface area contributed by atoms with Gasteiger partial charge in [0.2, 0.25) is 5.78 Å². The molecule has 0 radical (unpaired) electrons. The summed E-state index contributed by atoms with van der Waals surface area (Å²) in [6.07, 6.45) is 6.57. The Balaban J connectivity index is 2.04. The minimum absolute atomic E-state index is 0.254. The Bertz CT molecular complexity index is 849. The number of aliphatic carboxylic acids is 1. The van der Waals surface area contributed by atoms with Crippen molar-refractivity contribution in [2.75, 3.05) is 6.26 Å². The van der Waals surface area contributed by atoms with Gasteiger partial charge < -0.3 is 14.2 Å². The van der Waals surface area contributed by atoms with E-state index in [1.807, 2.05) is 12.1 Å². The van der Waals surface area contributed by atoms with Crippen molar-refractivity contribution in [3.8, 4) is 0 Å². The Morgan fingerprint density at radius 1 is 1.28 bits per heavy atom. The van der Waals surface area contributed by atoms with Crippen LogP contribution in [0.5, 0.6) is 0 Å². The van der Waals surface area contributed by atoms with E-state index in [0.717, 1.165) is 18.4 Å². The van der Waals surface area contributed by atoms with Gasteiger partial charge in [-0.2, -0.15) is 0 Å². The van der Waals surface area contributed by atoms with Gasteiger partial charge in [-0.1, -0.05) is 37.6 Å². The number of ketones is 1. The van der Waals surface area contributed by atoms with Crippen molar-refractivity contribution >= 4 is 29.1 Å². The molecule has 1 aliphatic heterocycles. The van der Waals surface area contributed by atoms with E-state index in [2.05, 4.69) is 6.92 Å². The predicted molar refractivity (Wildman–Crippen MR) is 96.3 cm³/mol. The number of carbonyl (C=O) groups is 2. The molecule has 0 fully saturated rings. The fourth-order valence-corrected chi connectivity index (χ4v) is 3.84.